The van der Waals surface area contributed by atoms with Crippen molar-refractivity contribution in [2.75, 3.05) is 25.1 Å². The molecule has 1 aliphatic heterocycles. The molecule has 1 saturated heterocycles. The molecule has 5 nitrogen and oxygen atoms in total. The van der Waals surface area contributed by atoms with Gasteiger partial charge in [0.2, 0.25) is 0 Å². The Morgan fingerprint density at radius 3 is 2.48 bits per heavy atom. The van der Waals surface area contributed by atoms with Crippen molar-refractivity contribution < 1.29 is 14.3 Å². The van der Waals surface area contributed by atoms with Crippen molar-refractivity contribution >= 4 is 17.5 Å². The molecule has 23 heavy (non-hydrogen) atoms. The Morgan fingerprint density at radius 2 is 1.74 bits per heavy atom. The van der Waals surface area contributed by atoms with E-state index in [1.807, 2.05) is 36.4 Å². The fourth-order valence-corrected chi connectivity index (χ4v) is 2.65. The summed E-state index contributed by atoms with van der Waals surface area (Å²) in [7, 11) is 1.57. The maximum Gasteiger partial charge on any atom is 0.316 e. The second-order valence-corrected chi connectivity index (χ2v) is 5.37. The molecule has 0 saturated carbocycles. The Bertz CT molecular complexity index is 715. The van der Waals surface area contributed by atoms with Gasteiger partial charge in [0.05, 0.1) is 7.11 Å². The van der Waals surface area contributed by atoms with Crippen molar-refractivity contribution in [1.82, 2.24) is 4.90 Å². The Balaban J connectivity index is 1.74. The third-order valence-electron chi connectivity index (χ3n) is 3.89. The molecule has 1 aliphatic rings. The lowest BCUT2D eigenvalue weighted by atomic mass is 10.1. The van der Waals surface area contributed by atoms with E-state index in [9.17, 15) is 9.59 Å². The van der Waals surface area contributed by atoms with Crippen molar-refractivity contribution in [2.24, 2.45) is 0 Å². The van der Waals surface area contributed by atoms with Crippen molar-refractivity contribution in [3.8, 4) is 5.75 Å². The molecule has 0 unspecified atom stereocenters. The Labute approximate surface area is 135 Å². The highest BCUT2D eigenvalue weighted by Crippen LogP contribution is 2.23. The van der Waals surface area contributed by atoms with Crippen LogP contribution in [-0.2, 0) is 16.1 Å². The summed E-state index contributed by atoms with van der Waals surface area (Å²) < 4.78 is 5.17. The number of anilines is 1. The number of carbonyl (C=O) groups excluding carboxylic acids is 2. The third kappa shape index (κ3) is 3.18. The van der Waals surface area contributed by atoms with Crippen LogP contribution in [0.15, 0.2) is 54.6 Å². The number of benzene rings is 2. The van der Waals surface area contributed by atoms with E-state index in [0.717, 1.165) is 5.56 Å². The lowest BCUT2D eigenvalue weighted by Crippen LogP contribution is -2.54. The van der Waals surface area contributed by atoms with Gasteiger partial charge in [-0.1, -0.05) is 36.4 Å². The summed E-state index contributed by atoms with van der Waals surface area (Å²) in [5, 5.41) is 0. The van der Waals surface area contributed by atoms with E-state index in [1.165, 1.54) is 4.90 Å². The molecule has 1 fully saturated rings. The molecule has 0 atom stereocenters. The summed E-state index contributed by atoms with van der Waals surface area (Å²) in [5.74, 6) is -0.308. The van der Waals surface area contributed by atoms with Crippen LogP contribution in [0, 0.1) is 0 Å². The largest absolute Gasteiger partial charge is 0.497 e. The van der Waals surface area contributed by atoms with Gasteiger partial charge in [-0.3, -0.25) is 9.59 Å². The molecule has 0 N–H and O–H groups in total. The molecule has 2 aromatic rings. The van der Waals surface area contributed by atoms with E-state index in [4.69, 9.17) is 4.74 Å². The predicted octanol–water partition coefficient (Wildman–Crippen LogP) is 2.07. The molecule has 2 amide bonds. The summed E-state index contributed by atoms with van der Waals surface area (Å²) in [5.41, 5.74) is 1.70. The fraction of sp³-hybridized carbons (Fsp3) is 0.222. The fourth-order valence-electron chi connectivity index (χ4n) is 2.65. The lowest BCUT2D eigenvalue weighted by Gasteiger charge is -2.33. The minimum atomic E-state index is -0.500. The summed E-state index contributed by atoms with van der Waals surface area (Å²) in [6.07, 6.45) is 0. The van der Waals surface area contributed by atoms with Crippen LogP contribution in [-0.4, -0.2) is 36.9 Å². The number of hydrogen-bond donors (Lipinski definition) is 0. The Morgan fingerprint density at radius 1 is 0.957 bits per heavy atom. The molecule has 0 spiro atoms. The van der Waals surface area contributed by atoms with E-state index in [1.54, 1.807) is 30.2 Å². The molecule has 3 rings (SSSR count). The van der Waals surface area contributed by atoms with Crippen molar-refractivity contribution in [1.29, 1.82) is 0 Å². The van der Waals surface area contributed by atoms with Gasteiger partial charge in [-0.05, 0) is 17.7 Å². The number of carbonyl (C=O) groups is 2. The number of rotatable bonds is 4. The second kappa shape index (κ2) is 6.52. The third-order valence-corrected chi connectivity index (χ3v) is 3.89. The van der Waals surface area contributed by atoms with Gasteiger partial charge in [0.1, 0.15) is 5.75 Å². The van der Waals surface area contributed by atoms with Crippen LogP contribution in [0.4, 0.5) is 5.69 Å². The first-order valence-electron chi connectivity index (χ1n) is 7.48. The van der Waals surface area contributed by atoms with Gasteiger partial charge in [0.15, 0.2) is 0 Å². The van der Waals surface area contributed by atoms with Gasteiger partial charge >= 0.3 is 11.8 Å². The van der Waals surface area contributed by atoms with Crippen LogP contribution in [0.5, 0.6) is 5.75 Å². The highest BCUT2D eigenvalue weighted by Gasteiger charge is 2.33. The zero-order valence-electron chi connectivity index (χ0n) is 12.9. The molecule has 5 heteroatoms. The number of hydrogen-bond acceptors (Lipinski definition) is 3. The van der Waals surface area contributed by atoms with Crippen LogP contribution in [0.3, 0.4) is 0 Å². The monoisotopic (exact) mass is 310 g/mol. The molecular weight excluding hydrogens is 292 g/mol. The van der Waals surface area contributed by atoms with E-state index in [-0.39, 0.29) is 0 Å². The topological polar surface area (TPSA) is 49.9 Å². The maximum absolute atomic E-state index is 12.4. The van der Waals surface area contributed by atoms with Crippen LogP contribution in [0.1, 0.15) is 5.56 Å². The molecular formula is C18H18N2O3. The molecule has 0 bridgehead atoms. The van der Waals surface area contributed by atoms with E-state index < -0.39 is 11.8 Å². The number of methoxy groups -OCH3 is 1. The number of piperazine rings is 1. The highest BCUT2D eigenvalue weighted by atomic mass is 16.5. The van der Waals surface area contributed by atoms with E-state index >= 15 is 0 Å². The number of nitrogens with zero attached hydrogens (tertiary/aromatic N) is 2. The van der Waals surface area contributed by atoms with Crippen molar-refractivity contribution in [3.05, 3.63) is 60.2 Å². The first kappa shape index (κ1) is 15.1. The van der Waals surface area contributed by atoms with Gasteiger partial charge in [0.25, 0.3) is 0 Å². The van der Waals surface area contributed by atoms with Crippen LogP contribution >= 0.6 is 0 Å². The number of amides is 2. The molecule has 0 aliphatic carbocycles. The normalized spacial score (nSPS) is 15.0. The first-order chi connectivity index (χ1) is 11.2. The zero-order chi connectivity index (χ0) is 16.2. The van der Waals surface area contributed by atoms with E-state index in [0.29, 0.717) is 31.1 Å². The summed E-state index contributed by atoms with van der Waals surface area (Å²) in [6.45, 7) is 1.44. The highest BCUT2D eigenvalue weighted by molar-refractivity contribution is 6.40. The zero-order valence-corrected chi connectivity index (χ0v) is 12.9. The van der Waals surface area contributed by atoms with Gasteiger partial charge in [0, 0.05) is 31.4 Å². The van der Waals surface area contributed by atoms with Crippen molar-refractivity contribution in [2.45, 2.75) is 6.54 Å². The van der Waals surface area contributed by atoms with Crippen LogP contribution < -0.4 is 9.64 Å². The van der Waals surface area contributed by atoms with Gasteiger partial charge < -0.3 is 14.5 Å². The Kier molecular flexibility index (Phi) is 4.28. The summed E-state index contributed by atoms with van der Waals surface area (Å²) >= 11 is 0. The van der Waals surface area contributed by atoms with Gasteiger partial charge in [-0.25, -0.2) is 0 Å². The molecule has 2 aromatic carbocycles. The summed E-state index contributed by atoms with van der Waals surface area (Å²) in [6, 6.07) is 16.9. The van der Waals surface area contributed by atoms with Crippen LogP contribution in [0.25, 0.3) is 0 Å². The van der Waals surface area contributed by atoms with Gasteiger partial charge in [-0.2, -0.15) is 0 Å². The van der Waals surface area contributed by atoms with E-state index in [2.05, 4.69) is 0 Å². The lowest BCUT2D eigenvalue weighted by molar-refractivity contribution is -0.146. The summed E-state index contributed by atoms with van der Waals surface area (Å²) in [4.78, 5) is 27.9. The predicted molar refractivity (Wildman–Crippen MR) is 87.2 cm³/mol. The average molecular weight is 310 g/mol. The average Bonchev–Trinajstić information content (AvgIpc) is 2.60. The standard InChI is InChI=1S/C18H18N2O3/c1-23-16-9-5-8-15(12-16)20-11-10-19(17(21)18(20)22)13-14-6-3-2-4-7-14/h2-9,12H,10-11,13H2,1H3. The SMILES string of the molecule is COc1cccc(N2CCN(Cc3ccccc3)C(=O)C2=O)c1. The van der Waals surface area contributed by atoms with Gasteiger partial charge in [-0.15, -0.1) is 0 Å². The minimum Gasteiger partial charge on any atom is -0.497 e. The van der Waals surface area contributed by atoms with Crippen LogP contribution in [0.2, 0.25) is 0 Å². The Hall–Kier alpha value is -2.82. The van der Waals surface area contributed by atoms with Crippen molar-refractivity contribution in [3.63, 3.8) is 0 Å². The molecule has 0 radical (unpaired) electrons. The molecule has 1 heterocycles. The minimum absolute atomic E-state index is 0.456. The number of ether oxygens (including phenoxy) is 1. The first-order valence-corrected chi connectivity index (χ1v) is 7.48. The smallest absolute Gasteiger partial charge is 0.316 e. The maximum atomic E-state index is 12.4. The molecule has 0 aromatic heterocycles. The second-order valence-electron chi connectivity index (χ2n) is 5.37. The quantitative estimate of drug-likeness (QED) is 0.812. The molecule has 118 valence electrons.